The zero-order chi connectivity index (χ0) is 6.62. The molecule has 0 saturated heterocycles. The van der Waals surface area contributed by atoms with Gasteiger partial charge in [0, 0.05) is 7.05 Å². The van der Waals surface area contributed by atoms with E-state index in [2.05, 4.69) is 11.3 Å². The molecule has 0 spiro atoms. The van der Waals surface area contributed by atoms with Gasteiger partial charge in [-0.05, 0) is 0 Å². The van der Waals surface area contributed by atoms with Crippen molar-refractivity contribution in [1.82, 2.24) is 4.72 Å². The second kappa shape index (κ2) is 2.84. The van der Waals surface area contributed by atoms with Gasteiger partial charge in [0.25, 0.3) is 0 Å². The van der Waals surface area contributed by atoms with Crippen molar-refractivity contribution in [3.8, 4) is 0 Å². The Morgan fingerprint density at radius 2 is 2.25 bits per heavy atom. The van der Waals surface area contributed by atoms with Gasteiger partial charge < -0.3 is 0 Å². The second-order valence-electron chi connectivity index (χ2n) is 1.22. The van der Waals surface area contributed by atoms with Crippen LogP contribution in [0.5, 0.6) is 0 Å². The Morgan fingerprint density at radius 3 is 2.38 bits per heavy atom. The van der Waals surface area contributed by atoms with Crippen LogP contribution in [0.2, 0.25) is 0 Å². The van der Waals surface area contributed by atoms with Crippen molar-refractivity contribution in [2.45, 2.75) is 0 Å². The molecular weight excluding hydrogens is 126 g/mol. The Morgan fingerprint density at radius 1 is 1.75 bits per heavy atom. The van der Waals surface area contributed by atoms with Crippen LogP contribution in [0.25, 0.3) is 0 Å². The lowest BCUT2D eigenvalue weighted by atomic mass is 10.8. The molecule has 0 unspecified atom stereocenters. The van der Waals surface area contributed by atoms with Gasteiger partial charge in [0.2, 0.25) is 10.0 Å². The van der Waals surface area contributed by atoms with E-state index in [1.165, 1.54) is 13.1 Å². The summed E-state index contributed by atoms with van der Waals surface area (Å²) in [6.45, 7) is 3.25. The van der Waals surface area contributed by atoms with Gasteiger partial charge in [0.15, 0.2) is 0 Å². The topological polar surface area (TPSA) is 48.2 Å². The molecule has 0 aromatic rings. The molecule has 0 atom stereocenters. The number of nitrogens with zero attached hydrogens (tertiary/aromatic N) is 1. The van der Waals surface area contributed by atoms with Crippen LogP contribution in [-0.2, 0) is 10.0 Å². The van der Waals surface area contributed by atoms with Gasteiger partial charge >= 0.3 is 0 Å². The molecule has 0 fully saturated rings. The largest absolute Gasteiger partial charge is 0.231 e. The van der Waals surface area contributed by atoms with Gasteiger partial charge in [-0.2, -0.15) is 0 Å². The van der Waals surface area contributed by atoms with E-state index in [1.54, 1.807) is 0 Å². The second-order valence-corrected chi connectivity index (χ2v) is 3.08. The Kier molecular flexibility index (Phi) is 2.71. The smallest absolute Gasteiger partial charge is 0.211 e. The maximum Gasteiger partial charge on any atom is 0.231 e. The fourth-order valence-corrected chi connectivity index (χ4v) is 0.670. The van der Waals surface area contributed by atoms with E-state index >= 15 is 0 Å². The van der Waals surface area contributed by atoms with Crippen molar-refractivity contribution in [2.75, 3.05) is 12.8 Å². The van der Waals surface area contributed by atoms with E-state index in [0.717, 1.165) is 0 Å². The highest BCUT2D eigenvalue weighted by atomic mass is 32.2. The summed E-state index contributed by atoms with van der Waals surface area (Å²) in [4.78, 5) is 0. The van der Waals surface area contributed by atoms with E-state index in [-0.39, 0.29) is 5.75 Å². The summed E-state index contributed by atoms with van der Waals surface area (Å²) in [5, 5.41) is 0. The van der Waals surface area contributed by atoms with Crippen LogP contribution < -0.4 is 4.72 Å². The molecular formula is C4H8NO2S. The fourth-order valence-electron chi connectivity index (χ4n) is 0.223. The van der Waals surface area contributed by atoms with Crippen LogP contribution in [0.3, 0.4) is 0 Å². The van der Waals surface area contributed by atoms with E-state index < -0.39 is 10.0 Å². The Hall–Kier alpha value is -0.350. The molecule has 0 aliphatic heterocycles. The predicted octanol–water partition coefficient (Wildman–Crippen LogP) is -0.264. The third kappa shape index (κ3) is 2.76. The molecule has 1 radical (unpaired) electrons. The van der Waals surface area contributed by atoms with Crippen LogP contribution >= 0.6 is 0 Å². The first kappa shape index (κ1) is 7.65. The van der Waals surface area contributed by atoms with Crippen molar-refractivity contribution >= 4 is 10.0 Å². The van der Waals surface area contributed by atoms with Gasteiger partial charge in [0.05, 0.1) is 5.75 Å². The highest BCUT2D eigenvalue weighted by Gasteiger charge is 2.02. The van der Waals surface area contributed by atoms with Gasteiger partial charge in [0.1, 0.15) is 0 Å². The molecule has 0 rings (SSSR count). The van der Waals surface area contributed by atoms with Gasteiger partial charge in [-0.3, -0.25) is 0 Å². The minimum Gasteiger partial charge on any atom is -0.211 e. The molecule has 0 aromatic heterocycles. The standard InChI is InChI=1S/C4H8NO2S/c1-3-4-8(6,7)5-2/h3H,1,4H2,2H3. The summed E-state index contributed by atoms with van der Waals surface area (Å²) >= 11 is 0. The van der Waals surface area contributed by atoms with Crippen molar-refractivity contribution < 1.29 is 8.42 Å². The molecule has 0 aliphatic carbocycles. The number of hydrogen-bond donors (Lipinski definition) is 0. The molecule has 0 aliphatic rings. The maximum absolute atomic E-state index is 10.4. The van der Waals surface area contributed by atoms with Crippen molar-refractivity contribution in [1.29, 1.82) is 0 Å². The molecule has 0 aromatic carbocycles. The Bertz CT molecular complexity index is 159. The molecule has 8 heavy (non-hydrogen) atoms. The molecule has 4 heteroatoms. The third-order valence-electron chi connectivity index (χ3n) is 0.607. The van der Waals surface area contributed by atoms with Crippen LogP contribution in [0, 0.1) is 0 Å². The average Bonchev–Trinajstić information content (AvgIpc) is 1.67. The van der Waals surface area contributed by atoms with Crippen LogP contribution in [-0.4, -0.2) is 21.2 Å². The minimum atomic E-state index is -3.16. The third-order valence-corrected chi connectivity index (χ3v) is 1.82. The predicted molar refractivity (Wildman–Crippen MR) is 32.0 cm³/mol. The minimum absolute atomic E-state index is 0.0660. The van der Waals surface area contributed by atoms with Crippen molar-refractivity contribution in [2.24, 2.45) is 0 Å². The lowest BCUT2D eigenvalue weighted by Crippen LogP contribution is -2.13. The van der Waals surface area contributed by atoms with E-state index in [1.807, 2.05) is 0 Å². The quantitative estimate of drug-likeness (QED) is 0.499. The summed E-state index contributed by atoms with van der Waals surface area (Å²) < 4.78 is 23.8. The molecule has 47 valence electrons. The Balaban J connectivity index is 3.94. The summed E-state index contributed by atoms with van der Waals surface area (Å²) in [7, 11) is -1.91. The van der Waals surface area contributed by atoms with Gasteiger partial charge in [-0.15, -0.1) is 11.3 Å². The molecule has 3 nitrogen and oxygen atoms in total. The highest BCUT2D eigenvalue weighted by Crippen LogP contribution is 1.81. The molecule has 0 heterocycles. The van der Waals surface area contributed by atoms with E-state index in [9.17, 15) is 8.42 Å². The number of rotatable bonds is 3. The van der Waals surface area contributed by atoms with Crippen molar-refractivity contribution in [3.63, 3.8) is 0 Å². The first-order valence-corrected chi connectivity index (χ1v) is 3.68. The molecule has 0 amide bonds. The molecule has 0 saturated carbocycles. The monoisotopic (exact) mass is 134 g/mol. The van der Waals surface area contributed by atoms with Crippen molar-refractivity contribution in [3.05, 3.63) is 12.7 Å². The lowest BCUT2D eigenvalue weighted by Gasteiger charge is -1.90. The van der Waals surface area contributed by atoms with Crippen LogP contribution in [0.4, 0.5) is 0 Å². The van der Waals surface area contributed by atoms with Gasteiger partial charge in [-0.25, -0.2) is 8.42 Å². The number of hydrogen-bond acceptors (Lipinski definition) is 2. The molecule has 0 N–H and O–H groups in total. The van der Waals surface area contributed by atoms with E-state index in [0.29, 0.717) is 0 Å². The first-order chi connectivity index (χ1) is 3.62. The SMILES string of the molecule is C=CCS(=O)(=O)[N]C. The normalized spacial score (nSPS) is 11.1. The van der Waals surface area contributed by atoms with Gasteiger partial charge in [-0.1, -0.05) is 6.08 Å². The van der Waals surface area contributed by atoms with Crippen LogP contribution in [0.1, 0.15) is 0 Å². The fraction of sp³-hybridized carbons (Fsp3) is 0.500. The zero-order valence-electron chi connectivity index (χ0n) is 4.66. The first-order valence-electron chi connectivity index (χ1n) is 2.07. The Labute approximate surface area is 49.5 Å². The highest BCUT2D eigenvalue weighted by molar-refractivity contribution is 7.89. The zero-order valence-corrected chi connectivity index (χ0v) is 5.48. The lowest BCUT2D eigenvalue weighted by molar-refractivity contribution is 0.590. The summed E-state index contributed by atoms with van der Waals surface area (Å²) in [5.74, 6) is -0.0660. The average molecular weight is 134 g/mol. The van der Waals surface area contributed by atoms with E-state index in [4.69, 9.17) is 0 Å². The molecule has 0 bridgehead atoms. The maximum atomic E-state index is 10.4. The summed E-state index contributed by atoms with van der Waals surface area (Å²) in [6.07, 6.45) is 1.31. The number of sulfonamides is 1. The summed E-state index contributed by atoms with van der Waals surface area (Å²) in [5.41, 5.74) is 0. The van der Waals surface area contributed by atoms with Crippen LogP contribution in [0.15, 0.2) is 12.7 Å². The summed E-state index contributed by atoms with van der Waals surface area (Å²) in [6, 6.07) is 0.